The van der Waals surface area contributed by atoms with E-state index in [4.69, 9.17) is 4.74 Å². The maximum Gasteiger partial charge on any atom is 0.302 e. The molecule has 1 N–H and O–H groups in total. The van der Waals surface area contributed by atoms with Gasteiger partial charge in [-0.25, -0.2) is 0 Å². The number of aliphatic hydroxyl groups excluding tert-OH is 1. The molecule has 4 nitrogen and oxygen atoms in total. The number of carbonyl (C=O) groups is 1. The lowest BCUT2D eigenvalue weighted by Crippen LogP contribution is -2.60. The second kappa shape index (κ2) is 6.16. The topological polar surface area (TPSA) is 49.8 Å². The third-order valence-corrected chi connectivity index (χ3v) is 4.76. The lowest BCUT2D eigenvalue weighted by atomic mass is 9.80. The van der Waals surface area contributed by atoms with Crippen LogP contribution in [0, 0.1) is 0 Å². The van der Waals surface area contributed by atoms with Crippen molar-refractivity contribution in [2.45, 2.75) is 63.4 Å². The van der Waals surface area contributed by atoms with E-state index >= 15 is 0 Å². The van der Waals surface area contributed by atoms with E-state index in [1.807, 2.05) is 18.2 Å². The molecule has 0 radical (unpaired) electrons. The zero-order chi connectivity index (χ0) is 14.8. The van der Waals surface area contributed by atoms with Gasteiger partial charge in [-0.15, -0.1) is 0 Å². The highest BCUT2D eigenvalue weighted by atomic mass is 16.5. The lowest BCUT2D eigenvalue weighted by Gasteiger charge is -2.51. The van der Waals surface area contributed by atoms with Crippen LogP contribution < -0.4 is 0 Å². The second-order valence-electron chi connectivity index (χ2n) is 6.16. The van der Waals surface area contributed by atoms with Crippen LogP contribution in [0.2, 0.25) is 0 Å². The molecule has 114 valence electrons. The molecule has 0 spiro atoms. The summed E-state index contributed by atoms with van der Waals surface area (Å²) in [5.74, 6) is -0.204. The van der Waals surface area contributed by atoms with Crippen LogP contribution in [0.15, 0.2) is 30.3 Å². The minimum absolute atomic E-state index is 0.0324. The molecule has 2 aliphatic heterocycles. The molecule has 0 amide bonds. The molecule has 1 aromatic carbocycles. The molecule has 2 saturated heterocycles. The number of piperidine rings is 2. The zero-order valence-electron chi connectivity index (χ0n) is 12.4. The Labute approximate surface area is 125 Å². The van der Waals surface area contributed by atoms with Crippen molar-refractivity contribution in [3.63, 3.8) is 0 Å². The standard InChI is InChI=1S/C17H23NO3/c1-12(19)21-17-10-8-14-16(20)9-7-15(17)18(14)11-13-5-3-2-4-6-13/h2-6,14-17,20H,7-11H2,1H3/t14-,15-,16-,17-/m1/s1. The van der Waals surface area contributed by atoms with Gasteiger partial charge < -0.3 is 9.84 Å². The SMILES string of the molecule is CC(=O)O[C@@H]1CC[C@@H]2[C@H](O)CC[C@H]1N2Cc1ccccc1. The van der Waals surface area contributed by atoms with Gasteiger partial charge in [0, 0.05) is 25.6 Å². The first kappa shape index (κ1) is 14.5. The van der Waals surface area contributed by atoms with E-state index in [9.17, 15) is 9.90 Å². The molecule has 2 aliphatic rings. The Hall–Kier alpha value is -1.39. The first-order valence-corrected chi connectivity index (χ1v) is 7.80. The second-order valence-corrected chi connectivity index (χ2v) is 6.16. The number of carbonyl (C=O) groups excluding carboxylic acids is 1. The molecule has 4 atom stereocenters. The number of hydrogen-bond acceptors (Lipinski definition) is 4. The summed E-state index contributed by atoms with van der Waals surface area (Å²) < 4.78 is 5.52. The van der Waals surface area contributed by atoms with E-state index in [-0.39, 0.29) is 30.3 Å². The van der Waals surface area contributed by atoms with E-state index in [1.165, 1.54) is 12.5 Å². The number of hydrogen-bond donors (Lipinski definition) is 1. The quantitative estimate of drug-likeness (QED) is 0.866. The molecule has 2 bridgehead atoms. The smallest absolute Gasteiger partial charge is 0.302 e. The van der Waals surface area contributed by atoms with Gasteiger partial charge in [0.25, 0.3) is 0 Å². The van der Waals surface area contributed by atoms with Crippen molar-refractivity contribution in [2.24, 2.45) is 0 Å². The monoisotopic (exact) mass is 289 g/mol. The summed E-state index contributed by atoms with van der Waals surface area (Å²) in [4.78, 5) is 13.7. The Morgan fingerprint density at radius 2 is 1.90 bits per heavy atom. The molecular formula is C17H23NO3. The van der Waals surface area contributed by atoms with Gasteiger partial charge in [-0.2, -0.15) is 0 Å². The van der Waals surface area contributed by atoms with Gasteiger partial charge >= 0.3 is 5.97 Å². The van der Waals surface area contributed by atoms with Crippen LogP contribution in [-0.4, -0.2) is 40.3 Å². The number of fused-ring (bicyclic) bond motifs is 2. The maximum absolute atomic E-state index is 11.3. The summed E-state index contributed by atoms with van der Waals surface area (Å²) in [6, 6.07) is 10.7. The van der Waals surface area contributed by atoms with Crippen LogP contribution in [-0.2, 0) is 16.1 Å². The predicted octanol–water partition coefficient (Wildman–Crippen LogP) is 2.11. The molecule has 21 heavy (non-hydrogen) atoms. The molecule has 2 fully saturated rings. The molecular weight excluding hydrogens is 266 g/mol. The summed E-state index contributed by atoms with van der Waals surface area (Å²) in [7, 11) is 0. The van der Waals surface area contributed by atoms with Gasteiger partial charge in [0.15, 0.2) is 0 Å². The van der Waals surface area contributed by atoms with Crippen molar-refractivity contribution in [3.05, 3.63) is 35.9 Å². The van der Waals surface area contributed by atoms with Gasteiger partial charge in [0.1, 0.15) is 6.10 Å². The normalized spacial score (nSPS) is 32.7. The fourth-order valence-corrected chi connectivity index (χ4v) is 3.83. The van der Waals surface area contributed by atoms with E-state index in [0.717, 1.165) is 32.2 Å². The first-order valence-electron chi connectivity index (χ1n) is 7.80. The van der Waals surface area contributed by atoms with Crippen molar-refractivity contribution >= 4 is 5.97 Å². The Balaban J connectivity index is 1.79. The number of aliphatic hydroxyl groups is 1. The summed E-state index contributed by atoms with van der Waals surface area (Å²) in [5.41, 5.74) is 1.24. The van der Waals surface area contributed by atoms with Crippen LogP contribution in [0.3, 0.4) is 0 Å². The number of rotatable bonds is 3. The number of nitrogens with zero attached hydrogens (tertiary/aromatic N) is 1. The Bertz CT molecular complexity index is 490. The van der Waals surface area contributed by atoms with Crippen LogP contribution in [0.5, 0.6) is 0 Å². The van der Waals surface area contributed by atoms with Gasteiger partial charge in [-0.1, -0.05) is 30.3 Å². The van der Waals surface area contributed by atoms with Gasteiger partial charge in [-0.3, -0.25) is 9.69 Å². The Morgan fingerprint density at radius 3 is 2.62 bits per heavy atom. The van der Waals surface area contributed by atoms with Crippen molar-refractivity contribution in [1.29, 1.82) is 0 Å². The molecule has 0 unspecified atom stereocenters. The molecule has 0 saturated carbocycles. The van der Waals surface area contributed by atoms with E-state index < -0.39 is 0 Å². The third kappa shape index (κ3) is 3.11. The minimum Gasteiger partial charge on any atom is -0.461 e. The first-order chi connectivity index (χ1) is 10.1. The fraction of sp³-hybridized carbons (Fsp3) is 0.588. The number of esters is 1. The van der Waals surface area contributed by atoms with Crippen LogP contribution in [0.4, 0.5) is 0 Å². The molecule has 2 heterocycles. The largest absolute Gasteiger partial charge is 0.461 e. The number of benzene rings is 1. The van der Waals surface area contributed by atoms with Crippen molar-refractivity contribution < 1.29 is 14.6 Å². The van der Waals surface area contributed by atoms with Crippen LogP contribution in [0.25, 0.3) is 0 Å². The van der Waals surface area contributed by atoms with Gasteiger partial charge in [0.2, 0.25) is 0 Å². The number of ether oxygens (including phenoxy) is 1. The Morgan fingerprint density at radius 1 is 1.19 bits per heavy atom. The molecule has 0 aromatic heterocycles. The average Bonchev–Trinajstić information content (AvgIpc) is 2.45. The highest BCUT2D eigenvalue weighted by Gasteiger charge is 2.44. The summed E-state index contributed by atoms with van der Waals surface area (Å²) in [6.07, 6.45) is 3.15. The minimum atomic E-state index is -0.261. The van der Waals surface area contributed by atoms with E-state index in [0.29, 0.717) is 0 Å². The summed E-state index contributed by atoms with van der Waals surface area (Å²) in [5, 5.41) is 10.3. The highest BCUT2D eigenvalue weighted by Crippen LogP contribution is 2.36. The fourth-order valence-electron chi connectivity index (χ4n) is 3.83. The summed E-state index contributed by atoms with van der Waals surface area (Å²) >= 11 is 0. The van der Waals surface area contributed by atoms with Crippen molar-refractivity contribution in [3.8, 4) is 0 Å². The Kier molecular flexibility index (Phi) is 4.27. The molecule has 4 heteroatoms. The average molecular weight is 289 g/mol. The van der Waals surface area contributed by atoms with Crippen LogP contribution >= 0.6 is 0 Å². The van der Waals surface area contributed by atoms with Crippen molar-refractivity contribution in [2.75, 3.05) is 0 Å². The van der Waals surface area contributed by atoms with Gasteiger partial charge in [-0.05, 0) is 31.2 Å². The van der Waals surface area contributed by atoms with E-state index in [2.05, 4.69) is 17.0 Å². The summed E-state index contributed by atoms with van der Waals surface area (Å²) in [6.45, 7) is 2.29. The van der Waals surface area contributed by atoms with Gasteiger partial charge in [0.05, 0.1) is 6.10 Å². The van der Waals surface area contributed by atoms with E-state index in [1.54, 1.807) is 0 Å². The maximum atomic E-state index is 11.3. The zero-order valence-corrected chi connectivity index (χ0v) is 12.4. The predicted molar refractivity (Wildman–Crippen MR) is 79.6 cm³/mol. The highest BCUT2D eigenvalue weighted by molar-refractivity contribution is 5.66. The molecule has 0 aliphatic carbocycles. The third-order valence-electron chi connectivity index (χ3n) is 4.76. The molecule has 3 rings (SSSR count). The van der Waals surface area contributed by atoms with Crippen molar-refractivity contribution in [1.82, 2.24) is 4.90 Å². The van der Waals surface area contributed by atoms with Crippen LogP contribution in [0.1, 0.15) is 38.2 Å². The lowest BCUT2D eigenvalue weighted by molar-refractivity contribution is -0.162. The molecule has 1 aromatic rings.